The van der Waals surface area contributed by atoms with Crippen molar-refractivity contribution >= 4 is 17.4 Å². The third kappa shape index (κ3) is 2.86. The van der Waals surface area contributed by atoms with E-state index in [2.05, 4.69) is 5.32 Å². The van der Waals surface area contributed by atoms with Crippen LogP contribution >= 0.6 is 0 Å². The molecule has 0 saturated heterocycles. The van der Waals surface area contributed by atoms with Crippen molar-refractivity contribution in [1.82, 2.24) is 0 Å². The van der Waals surface area contributed by atoms with Crippen LogP contribution in [0.2, 0.25) is 0 Å². The second-order valence-electron chi connectivity index (χ2n) is 5.35. The average Bonchev–Trinajstić information content (AvgIpc) is 2.54. The molecule has 3 rings (SSSR count). The minimum absolute atomic E-state index is 0.0208. The minimum Gasteiger partial charge on any atom is -0.493 e. The van der Waals surface area contributed by atoms with Crippen molar-refractivity contribution in [2.24, 2.45) is 0 Å². The second-order valence-corrected chi connectivity index (χ2v) is 5.35. The highest BCUT2D eigenvalue weighted by molar-refractivity contribution is 5.99. The Bertz CT molecular complexity index is 724. The summed E-state index contributed by atoms with van der Waals surface area (Å²) >= 11 is 0. The molecule has 1 aliphatic rings. The molecule has 0 bridgehead atoms. The first-order chi connectivity index (χ1) is 10.6. The summed E-state index contributed by atoms with van der Waals surface area (Å²) < 4.78 is 5.58. The Morgan fingerprint density at radius 1 is 1.14 bits per heavy atom. The van der Waals surface area contributed by atoms with Crippen molar-refractivity contribution in [3.05, 3.63) is 59.7 Å². The van der Waals surface area contributed by atoms with Crippen LogP contribution in [0.5, 0.6) is 5.75 Å². The van der Waals surface area contributed by atoms with Gasteiger partial charge in [0.1, 0.15) is 5.75 Å². The number of fused-ring (bicyclic) bond motifs is 1. The Morgan fingerprint density at radius 3 is 2.77 bits per heavy atom. The van der Waals surface area contributed by atoms with Gasteiger partial charge in [-0.05, 0) is 31.5 Å². The fourth-order valence-electron chi connectivity index (χ4n) is 2.66. The van der Waals surface area contributed by atoms with E-state index < -0.39 is 0 Å². The third-order valence-electron chi connectivity index (χ3n) is 3.81. The maximum atomic E-state index is 12.6. The first-order valence-electron chi connectivity index (χ1n) is 7.29. The van der Waals surface area contributed by atoms with Gasteiger partial charge in [-0.25, -0.2) is 0 Å². The molecule has 4 nitrogen and oxygen atoms in total. The van der Waals surface area contributed by atoms with Crippen molar-refractivity contribution in [1.29, 1.82) is 0 Å². The lowest BCUT2D eigenvalue weighted by molar-refractivity contribution is -0.118. The lowest BCUT2D eigenvalue weighted by Crippen LogP contribution is -2.26. The van der Waals surface area contributed by atoms with Gasteiger partial charge in [0.2, 0.25) is 5.91 Å². The van der Waals surface area contributed by atoms with Gasteiger partial charge in [0.05, 0.1) is 12.5 Å². The topological polar surface area (TPSA) is 55.4 Å². The number of hydrogen-bond acceptors (Lipinski definition) is 3. The van der Waals surface area contributed by atoms with E-state index in [0.717, 1.165) is 11.3 Å². The van der Waals surface area contributed by atoms with Crippen LogP contribution in [0.3, 0.4) is 0 Å². The van der Waals surface area contributed by atoms with E-state index in [1.54, 1.807) is 24.3 Å². The number of amides is 1. The molecule has 0 aromatic heterocycles. The Kier molecular flexibility index (Phi) is 3.92. The zero-order valence-electron chi connectivity index (χ0n) is 12.3. The lowest BCUT2D eigenvalue weighted by Gasteiger charge is -2.25. The third-order valence-corrected chi connectivity index (χ3v) is 3.81. The Morgan fingerprint density at radius 2 is 1.95 bits per heavy atom. The first kappa shape index (κ1) is 14.3. The summed E-state index contributed by atoms with van der Waals surface area (Å²) in [5, 5.41) is 2.90. The molecule has 0 radical (unpaired) electrons. The van der Waals surface area contributed by atoms with E-state index in [1.165, 1.54) is 6.92 Å². The highest BCUT2D eigenvalue weighted by Gasteiger charge is 2.27. The molecule has 2 aromatic rings. The van der Waals surface area contributed by atoms with Gasteiger partial charge in [0.15, 0.2) is 5.78 Å². The number of Topliss-reactive ketones (excluding diaryl/α,β-unsaturated/α-hetero) is 1. The summed E-state index contributed by atoms with van der Waals surface area (Å²) in [5.41, 5.74) is 2.14. The molecular weight excluding hydrogens is 278 g/mol. The molecule has 4 heteroatoms. The Labute approximate surface area is 129 Å². The molecule has 22 heavy (non-hydrogen) atoms. The van der Waals surface area contributed by atoms with Gasteiger partial charge in [-0.15, -0.1) is 0 Å². The number of rotatable bonds is 3. The van der Waals surface area contributed by atoms with E-state index in [-0.39, 0.29) is 17.6 Å². The molecule has 1 unspecified atom stereocenters. The minimum atomic E-state index is -0.231. The molecular formula is C18H17NO3. The van der Waals surface area contributed by atoms with Gasteiger partial charge in [-0.1, -0.05) is 30.3 Å². The molecule has 2 aromatic carbocycles. The summed E-state index contributed by atoms with van der Waals surface area (Å²) in [4.78, 5) is 24.0. The van der Waals surface area contributed by atoms with Gasteiger partial charge in [-0.3, -0.25) is 9.59 Å². The Balaban J connectivity index is 1.81. The number of ketones is 1. The van der Waals surface area contributed by atoms with Gasteiger partial charge >= 0.3 is 0 Å². The smallest absolute Gasteiger partial charge is 0.232 e. The van der Waals surface area contributed by atoms with Crippen molar-refractivity contribution in [3.8, 4) is 5.75 Å². The molecule has 1 aliphatic heterocycles. The molecule has 1 amide bonds. The largest absolute Gasteiger partial charge is 0.493 e. The summed E-state index contributed by atoms with van der Waals surface area (Å²) in [6, 6.07) is 14.6. The number of hydrogen-bond donors (Lipinski definition) is 1. The monoisotopic (exact) mass is 295 g/mol. The zero-order chi connectivity index (χ0) is 15.5. The van der Waals surface area contributed by atoms with Crippen LogP contribution in [0.1, 0.15) is 35.2 Å². The highest BCUT2D eigenvalue weighted by Crippen LogP contribution is 2.34. The van der Waals surface area contributed by atoms with Crippen LogP contribution in [-0.4, -0.2) is 18.3 Å². The van der Waals surface area contributed by atoms with Crippen LogP contribution in [0.25, 0.3) is 0 Å². The number of carbonyl (C=O) groups excluding carboxylic acids is 2. The number of anilines is 1. The molecule has 0 fully saturated rings. The fourth-order valence-corrected chi connectivity index (χ4v) is 2.66. The van der Waals surface area contributed by atoms with Gasteiger partial charge in [-0.2, -0.15) is 0 Å². The van der Waals surface area contributed by atoms with E-state index in [4.69, 9.17) is 4.74 Å². The van der Waals surface area contributed by atoms with Crippen molar-refractivity contribution in [3.63, 3.8) is 0 Å². The van der Waals surface area contributed by atoms with Crippen LogP contribution < -0.4 is 10.1 Å². The quantitative estimate of drug-likeness (QED) is 0.883. The number of nitrogens with one attached hydrogen (secondary N) is 1. The summed E-state index contributed by atoms with van der Waals surface area (Å²) in [5.74, 6) is 0.446. The molecule has 0 aliphatic carbocycles. The molecule has 1 atom stereocenters. The van der Waals surface area contributed by atoms with E-state index >= 15 is 0 Å². The number of carbonyl (C=O) groups is 2. The van der Waals surface area contributed by atoms with Crippen LogP contribution in [0.15, 0.2) is 48.5 Å². The number of benzene rings is 2. The number of para-hydroxylation sites is 1. The maximum Gasteiger partial charge on any atom is 0.232 e. The van der Waals surface area contributed by atoms with E-state index in [0.29, 0.717) is 24.3 Å². The standard InChI is InChI=1S/C18H17NO3/c1-12(20)13-5-4-6-14(11-13)19-18(21)16-9-10-22-17-8-3-2-7-15(16)17/h2-8,11,16H,9-10H2,1H3,(H,19,21). The SMILES string of the molecule is CC(=O)c1cccc(NC(=O)C2CCOc3ccccc32)c1. The molecule has 1 heterocycles. The molecule has 112 valence electrons. The summed E-state index contributed by atoms with van der Waals surface area (Å²) in [6.07, 6.45) is 0.648. The normalized spacial score (nSPS) is 16.3. The number of ether oxygens (including phenoxy) is 1. The molecule has 0 spiro atoms. The van der Waals surface area contributed by atoms with Gasteiger partial charge in [0.25, 0.3) is 0 Å². The molecule has 0 saturated carbocycles. The maximum absolute atomic E-state index is 12.6. The summed E-state index contributed by atoms with van der Waals surface area (Å²) in [6.45, 7) is 2.04. The van der Waals surface area contributed by atoms with E-state index in [1.807, 2.05) is 24.3 Å². The van der Waals surface area contributed by atoms with Crippen LogP contribution in [0.4, 0.5) is 5.69 Å². The fraction of sp³-hybridized carbons (Fsp3) is 0.222. The second kappa shape index (κ2) is 6.02. The zero-order valence-corrected chi connectivity index (χ0v) is 12.3. The van der Waals surface area contributed by atoms with Gasteiger partial charge in [0, 0.05) is 16.8 Å². The van der Waals surface area contributed by atoms with Crippen molar-refractivity contribution in [2.45, 2.75) is 19.3 Å². The van der Waals surface area contributed by atoms with Gasteiger partial charge < -0.3 is 10.1 Å². The first-order valence-corrected chi connectivity index (χ1v) is 7.29. The van der Waals surface area contributed by atoms with Crippen LogP contribution in [0, 0.1) is 0 Å². The van der Waals surface area contributed by atoms with Crippen molar-refractivity contribution < 1.29 is 14.3 Å². The highest BCUT2D eigenvalue weighted by atomic mass is 16.5. The molecule has 1 N–H and O–H groups in total. The predicted molar refractivity (Wildman–Crippen MR) is 84.4 cm³/mol. The Hall–Kier alpha value is -2.62. The average molecular weight is 295 g/mol. The van der Waals surface area contributed by atoms with Crippen molar-refractivity contribution in [2.75, 3.05) is 11.9 Å². The lowest BCUT2D eigenvalue weighted by atomic mass is 9.92. The van der Waals surface area contributed by atoms with Crippen LogP contribution in [-0.2, 0) is 4.79 Å². The predicted octanol–water partition coefficient (Wildman–Crippen LogP) is 3.39. The van der Waals surface area contributed by atoms with E-state index in [9.17, 15) is 9.59 Å². The summed E-state index contributed by atoms with van der Waals surface area (Å²) in [7, 11) is 0.